The maximum Gasteiger partial charge on any atom is 0.341 e. The molecule has 1 aromatic rings. The molecule has 9 nitrogen and oxygen atoms in total. The number of aromatic hydroxyl groups is 1. The number of nitrogens with one attached hydrogen (secondary N) is 1. The number of ether oxygens (including phenoxy) is 1. The highest BCUT2D eigenvalue weighted by molar-refractivity contribution is 7.92. The average Bonchev–Trinajstić information content (AvgIpc) is 2.60. The van der Waals surface area contributed by atoms with Crippen molar-refractivity contribution in [2.75, 3.05) is 17.5 Å². The van der Waals surface area contributed by atoms with E-state index >= 15 is 0 Å². The predicted molar refractivity (Wildman–Crippen MR) is 65.6 cm³/mol. The molecule has 0 atom stereocenters. The molecular formula is C10H10N2O7S. The lowest BCUT2D eigenvalue weighted by molar-refractivity contribution is -0.139. The second-order valence-corrected chi connectivity index (χ2v) is 5.46. The van der Waals surface area contributed by atoms with Gasteiger partial charge in [-0.25, -0.2) is 13.8 Å². The van der Waals surface area contributed by atoms with E-state index in [9.17, 15) is 23.1 Å². The molecule has 1 aliphatic heterocycles. The SMILES string of the molecule is O=C(O)COc1ccc(N2CC(=O)NS2(=O)=O)c(O)c1. The number of phenolic OH excluding ortho intramolecular Hbond substituents is 1. The molecule has 20 heavy (non-hydrogen) atoms. The Morgan fingerprint density at radius 2 is 2.15 bits per heavy atom. The number of carboxylic acids is 1. The summed E-state index contributed by atoms with van der Waals surface area (Å²) < 4.78 is 30.5. The van der Waals surface area contributed by atoms with Crippen LogP contribution in [0.25, 0.3) is 0 Å². The van der Waals surface area contributed by atoms with Gasteiger partial charge in [0.25, 0.3) is 5.91 Å². The average molecular weight is 302 g/mol. The lowest BCUT2D eigenvalue weighted by Crippen LogP contribution is -2.29. The Bertz CT molecular complexity index is 670. The molecule has 0 aliphatic carbocycles. The monoisotopic (exact) mass is 302 g/mol. The van der Waals surface area contributed by atoms with Crippen molar-refractivity contribution >= 4 is 27.8 Å². The number of rotatable bonds is 4. The molecular weight excluding hydrogens is 292 g/mol. The minimum Gasteiger partial charge on any atom is -0.506 e. The van der Waals surface area contributed by atoms with E-state index in [2.05, 4.69) is 0 Å². The van der Waals surface area contributed by atoms with Crippen molar-refractivity contribution < 1.29 is 33.0 Å². The molecule has 0 spiro atoms. The van der Waals surface area contributed by atoms with E-state index in [4.69, 9.17) is 9.84 Å². The number of carbonyl (C=O) groups excluding carboxylic acids is 1. The predicted octanol–water partition coefficient (Wildman–Crippen LogP) is -0.963. The zero-order chi connectivity index (χ0) is 14.9. The first kappa shape index (κ1) is 13.9. The highest BCUT2D eigenvalue weighted by atomic mass is 32.2. The number of hydrogen-bond donors (Lipinski definition) is 3. The number of aliphatic carboxylic acids is 1. The van der Waals surface area contributed by atoms with Gasteiger partial charge in [0.15, 0.2) is 6.61 Å². The first-order valence-corrected chi connectivity index (χ1v) is 6.74. The van der Waals surface area contributed by atoms with Gasteiger partial charge in [-0.15, -0.1) is 0 Å². The summed E-state index contributed by atoms with van der Waals surface area (Å²) in [6, 6.07) is 3.57. The number of anilines is 1. The molecule has 0 saturated carbocycles. The van der Waals surface area contributed by atoms with E-state index in [-0.39, 0.29) is 11.4 Å². The van der Waals surface area contributed by atoms with Gasteiger partial charge in [-0.2, -0.15) is 8.42 Å². The van der Waals surface area contributed by atoms with Crippen LogP contribution in [0.15, 0.2) is 18.2 Å². The van der Waals surface area contributed by atoms with Crippen LogP contribution in [-0.4, -0.2) is 43.7 Å². The molecule has 0 bridgehead atoms. The Morgan fingerprint density at radius 1 is 1.45 bits per heavy atom. The van der Waals surface area contributed by atoms with Crippen molar-refractivity contribution in [1.82, 2.24) is 4.72 Å². The normalized spacial score (nSPS) is 16.8. The molecule has 1 amide bonds. The zero-order valence-corrected chi connectivity index (χ0v) is 10.8. The van der Waals surface area contributed by atoms with Crippen LogP contribution in [0.5, 0.6) is 11.5 Å². The van der Waals surface area contributed by atoms with Crippen molar-refractivity contribution in [3.05, 3.63) is 18.2 Å². The van der Waals surface area contributed by atoms with Gasteiger partial charge in [0.05, 0.1) is 5.69 Å². The van der Waals surface area contributed by atoms with Crippen LogP contribution < -0.4 is 13.8 Å². The van der Waals surface area contributed by atoms with Crippen molar-refractivity contribution in [3.63, 3.8) is 0 Å². The Kier molecular flexibility index (Phi) is 3.40. The number of carboxylic acid groups (broad SMARTS) is 1. The van der Waals surface area contributed by atoms with Crippen LogP contribution >= 0.6 is 0 Å². The number of benzene rings is 1. The molecule has 1 saturated heterocycles. The molecule has 10 heteroatoms. The molecule has 1 aromatic carbocycles. The van der Waals surface area contributed by atoms with E-state index in [0.717, 1.165) is 6.07 Å². The highest BCUT2D eigenvalue weighted by Crippen LogP contribution is 2.33. The van der Waals surface area contributed by atoms with Crippen LogP contribution in [0.3, 0.4) is 0 Å². The maximum atomic E-state index is 11.6. The van der Waals surface area contributed by atoms with Gasteiger partial charge >= 0.3 is 16.2 Å². The van der Waals surface area contributed by atoms with Crippen molar-refractivity contribution in [2.24, 2.45) is 0 Å². The van der Waals surface area contributed by atoms with Crippen LogP contribution in [0.4, 0.5) is 5.69 Å². The van der Waals surface area contributed by atoms with E-state index < -0.39 is 41.0 Å². The van der Waals surface area contributed by atoms with E-state index in [0.29, 0.717) is 4.31 Å². The third kappa shape index (κ3) is 2.74. The Balaban J connectivity index is 2.26. The van der Waals surface area contributed by atoms with Crippen molar-refractivity contribution in [3.8, 4) is 11.5 Å². The Morgan fingerprint density at radius 3 is 2.65 bits per heavy atom. The highest BCUT2D eigenvalue weighted by Gasteiger charge is 2.35. The Labute approximate surface area is 113 Å². The zero-order valence-electron chi connectivity index (χ0n) is 9.94. The van der Waals surface area contributed by atoms with Gasteiger partial charge in [0.2, 0.25) is 0 Å². The fraction of sp³-hybridized carbons (Fsp3) is 0.200. The van der Waals surface area contributed by atoms with Crippen LogP contribution in [-0.2, 0) is 19.8 Å². The third-order valence-electron chi connectivity index (χ3n) is 2.40. The van der Waals surface area contributed by atoms with Crippen LogP contribution in [0.1, 0.15) is 0 Å². The fourth-order valence-electron chi connectivity index (χ4n) is 1.61. The summed E-state index contributed by atoms with van der Waals surface area (Å²) in [5.74, 6) is -2.29. The van der Waals surface area contributed by atoms with Crippen molar-refractivity contribution in [1.29, 1.82) is 0 Å². The fourth-order valence-corrected chi connectivity index (χ4v) is 2.77. The summed E-state index contributed by atoms with van der Waals surface area (Å²) in [5.41, 5.74) is -0.106. The molecule has 3 N–H and O–H groups in total. The summed E-state index contributed by atoms with van der Waals surface area (Å²) in [6.07, 6.45) is 0. The quantitative estimate of drug-likeness (QED) is 0.652. The summed E-state index contributed by atoms with van der Waals surface area (Å²) in [7, 11) is -4.01. The Hall–Kier alpha value is -2.49. The second kappa shape index (κ2) is 4.89. The number of nitrogens with zero attached hydrogens (tertiary/aromatic N) is 1. The molecule has 0 radical (unpaired) electrons. The smallest absolute Gasteiger partial charge is 0.341 e. The molecule has 1 fully saturated rings. The molecule has 108 valence electrons. The first-order valence-electron chi connectivity index (χ1n) is 5.30. The number of amides is 1. The minimum absolute atomic E-state index is 0.0598. The molecule has 2 rings (SSSR count). The van der Waals surface area contributed by atoms with E-state index in [1.54, 1.807) is 4.72 Å². The lowest BCUT2D eigenvalue weighted by atomic mass is 10.2. The second-order valence-electron chi connectivity index (χ2n) is 3.87. The largest absolute Gasteiger partial charge is 0.506 e. The van der Waals surface area contributed by atoms with Crippen LogP contribution in [0, 0.1) is 0 Å². The number of phenols is 1. The molecule has 0 unspecified atom stereocenters. The molecule has 0 aromatic heterocycles. The lowest BCUT2D eigenvalue weighted by Gasteiger charge is -2.16. The maximum absolute atomic E-state index is 11.6. The summed E-state index contributed by atoms with van der Waals surface area (Å²) >= 11 is 0. The van der Waals surface area contributed by atoms with Gasteiger partial charge < -0.3 is 14.9 Å². The van der Waals surface area contributed by atoms with Gasteiger partial charge in [-0.3, -0.25) is 4.79 Å². The number of carbonyl (C=O) groups is 2. The summed E-state index contributed by atoms with van der Waals surface area (Å²) in [5, 5.41) is 18.2. The van der Waals surface area contributed by atoms with Gasteiger partial charge in [0, 0.05) is 6.07 Å². The summed E-state index contributed by atoms with van der Waals surface area (Å²) in [6.45, 7) is -1.04. The molecule has 1 heterocycles. The van der Waals surface area contributed by atoms with E-state index in [1.807, 2.05) is 0 Å². The topological polar surface area (TPSA) is 133 Å². The van der Waals surface area contributed by atoms with Gasteiger partial charge in [-0.05, 0) is 12.1 Å². The van der Waals surface area contributed by atoms with E-state index in [1.165, 1.54) is 12.1 Å². The third-order valence-corrected chi connectivity index (χ3v) is 3.79. The van der Waals surface area contributed by atoms with Gasteiger partial charge in [0.1, 0.15) is 18.0 Å². The first-order chi connectivity index (χ1) is 9.29. The minimum atomic E-state index is -4.01. The van der Waals surface area contributed by atoms with Crippen molar-refractivity contribution in [2.45, 2.75) is 0 Å². The molecule has 1 aliphatic rings. The standard InChI is InChI=1S/C10H10N2O7S/c13-8-3-6(19-5-10(15)16)1-2-7(8)12-4-9(14)11-20(12,17)18/h1-3,13H,4-5H2,(H,11,14)(H,15,16). The van der Waals surface area contributed by atoms with Gasteiger partial charge in [-0.1, -0.05) is 0 Å². The van der Waals surface area contributed by atoms with Crippen LogP contribution in [0.2, 0.25) is 0 Å². The number of hydrogen-bond acceptors (Lipinski definition) is 6. The summed E-state index contributed by atoms with van der Waals surface area (Å²) in [4.78, 5) is 21.4.